The molecule has 10 atom stereocenters. The van der Waals surface area contributed by atoms with E-state index in [1.54, 1.807) is 32.2 Å². The minimum atomic E-state index is -1.29. The number of nitrogens with zero attached hydrogens (tertiary/aromatic N) is 2. The van der Waals surface area contributed by atoms with Crippen molar-refractivity contribution < 1.29 is 38.6 Å². The molecule has 0 bridgehead atoms. The number of hydrogen-bond acceptors (Lipinski definition) is 9. The first-order chi connectivity index (χ1) is 29.4. The number of esters is 1. The fourth-order valence-corrected chi connectivity index (χ4v) is 15.3. The average Bonchev–Trinajstić information content (AvgIpc) is 3.50. The second-order valence-corrected chi connectivity index (χ2v) is 23.6. The Balaban J connectivity index is 1.03. The van der Waals surface area contributed by atoms with Crippen LogP contribution in [0.3, 0.4) is 0 Å². The molecule has 12 heteroatoms. The maximum Gasteiger partial charge on any atom is 0.309 e. The van der Waals surface area contributed by atoms with E-state index in [-0.39, 0.29) is 69.6 Å². The van der Waals surface area contributed by atoms with Gasteiger partial charge < -0.3 is 30.1 Å². The lowest BCUT2D eigenvalue weighted by Crippen LogP contribution is -2.68. The Morgan fingerprint density at radius 2 is 1.59 bits per heavy atom. The van der Waals surface area contributed by atoms with E-state index in [1.165, 1.54) is 0 Å². The number of aliphatic carboxylic acids is 1. The topological polar surface area (TPSA) is 164 Å². The van der Waals surface area contributed by atoms with E-state index in [1.807, 2.05) is 18.7 Å². The number of ketones is 1. The normalized spacial score (nSPS) is 38.0. The van der Waals surface area contributed by atoms with Crippen molar-refractivity contribution in [2.45, 2.75) is 158 Å². The summed E-state index contributed by atoms with van der Waals surface area (Å²) in [7, 11) is 0. The fourth-order valence-electron chi connectivity index (χ4n) is 15.3. The molecule has 0 spiro atoms. The molecule has 1 aliphatic heterocycles. The highest BCUT2D eigenvalue weighted by Gasteiger charge is 2.71. The predicted molar refractivity (Wildman–Crippen MR) is 240 cm³/mol. The van der Waals surface area contributed by atoms with Gasteiger partial charge in [0.1, 0.15) is 17.5 Å². The molecular weight excluding hydrogens is 797 g/mol. The monoisotopic (exact) mass is 871 g/mol. The van der Waals surface area contributed by atoms with Gasteiger partial charge in [0, 0.05) is 31.1 Å². The molecule has 3 N–H and O–H groups in total. The maximum absolute atomic E-state index is 14.7. The summed E-state index contributed by atoms with van der Waals surface area (Å²) in [5.74, 6) is -1.13. The number of allylic oxidation sites excluding steroid dienone is 1. The first kappa shape index (κ1) is 45.8. The molecule has 1 aromatic heterocycles. The van der Waals surface area contributed by atoms with Gasteiger partial charge >= 0.3 is 11.9 Å². The molecule has 0 unspecified atom stereocenters. The lowest BCUT2D eigenvalue weighted by atomic mass is 9.33. The Hall–Kier alpha value is -3.80. The summed E-state index contributed by atoms with van der Waals surface area (Å²) in [6.45, 7) is 25.9. The van der Waals surface area contributed by atoms with Crippen molar-refractivity contribution in [3.8, 4) is 0 Å². The second-order valence-electron chi connectivity index (χ2n) is 23.6. The third kappa shape index (κ3) is 6.90. The Labute approximate surface area is 374 Å². The summed E-state index contributed by atoms with van der Waals surface area (Å²) < 4.78 is 12.0. The van der Waals surface area contributed by atoms with E-state index >= 15 is 0 Å². The van der Waals surface area contributed by atoms with Crippen LogP contribution in [0.5, 0.6) is 0 Å². The highest BCUT2D eigenvalue weighted by atomic mass is 16.5. The molecule has 6 fully saturated rings. The molecule has 6 aliphatic carbocycles. The van der Waals surface area contributed by atoms with Gasteiger partial charge in [-0.2, -0.15) is 0 Å². The van der Waals surface area contributed by atoms with Gasteiger partial charge in [-0.3, -0.25) is 24.0 Å². The molecule has 12 nitrogen and oxygen atoms in total. The van der Waals surface area contributed by atoms with Crippen LogP contribution in [0, 0.1) is 62.6 Å². The van der Waals surface area contributed by atoms with Crippen LogP contribution in [0.15, 0.2) is 29.5 Å². The van der Waals surface area contributed by atoms with Crippen LogP contribution in [0.4, 0.5) is 5.82 Å². The van der Waals surface area contributed by atoms with Crippen molar-refractivity contribution in [2.75, 3.05) is 31.2 Å². The molecule has 0 radical (unpaired) electrons. The SMILES string of the molecule is CC(C)C1=C2[C@H]3CC[C@@H]4[C@@]5(C)CC[C@H](OC(=O)[C@H]6C[C@@H](C(=O)O)C6(C)C)C(C)(C)[C@@H]5CC[C@@]4(C)[C@]3(C)CC[C@@]2(NC(=O)C(C)(C)NC(=O)c2cccnc2N2CCOCC2)CC1=O. The number of aromatic nitrogens is 1. The number of carbonyl (C=O) groups is 5. The van der Waals surface area contributed by atoms with E-state index in [0.29, 0.717) is 62.4 Å². The van der Waals surface area contributed by atoms with Crippen LogP contribution >= 0.6 is 0 Å². The van der Waals surface area contributed by atoms with Crippen LogP contribution in [0.25, 0.3) is 0 Å². The molecule has 346 valence electrons. The quantitative estimate of drug-likeness (QED) is 0.208. The lowest BCUT2D eigenvalue weighted by Gasteiger charge is -2.72. The molecule has 2 amide bonds. The highest BCUT2D eigenvalue weighted by Crippen LogP contribution is 2.76. The number of fused-ring (bicyclic) bond motifs is 7. The second kappa shape index (κ2) is 15.4. The van der Waals surface area contributed by atoms with Gasteiger partial charge in [0.15, 0.2) is 5.78 Å². The Morgan fingerprint density at radius 1 is 0.889 bits per heavy atom. The summed E-state index contributed by atoms with van der Waals surface area (Å²) in [5.41, 5.74) is -0.713. The largest absolute Gasteiger partial charge is 0.481 e. The number of carboxylic acids is 1. The Bertz CT molecular complexity index is 2100. The van der Waals surface area contributed by atoms with Crippen molar-refractivity contribution in [1.82, 2.24) is 15.6 Å². The molecule has 1 saturated heterocycles. The molecule has 1 aromatic rings. The van der Waals surface area contributed by atoms with E-state index < -0.39 is 34.3 Å². The van der Waals surface area contributed by atoms with Gasteiger partial charge in [-0.1, -0.05) is 62.3 Å². The van der Waals surface area contributed by atoms with Crippen molar-refractivity contribution in [3.63, 3.8) is 0 Å². The van der Waals surface area contributed by atoms with Gasteiger partial charge in [-0.05, 0) is 140 Å². The summed E-state index contributed by atoms with van der Waals surface area (Å²) >= 11 is 0. The number of rotatable bonds is 9. The predicted octanol–water partition coefficient (Wildman–Crippen LogP) is 7.93. The van der Waals surface area contributed by atoms with Crippen LogP contribution in [-0.2, 0) is 28.7 Å². The number of ether oxygens (including phenoxy) is 2. The average molecular weight is 871 g/mol. The highest BCUT2D eigenvalue weighted by molar-refractivity contribution is 6.04. The number of morpholine rings is 1. The Morgan fingerprint density at radius 3 is 2.24 bits per heavy atom. The van der Waals surface area contributed by atoms with Crippen molar-refractivity contribution >= 4 is 35.4 Å². The standard InChI is InChI=1S/C51H74N4O8/c1-29(2)38-34(56)28-51(54-44(61)47(7,8)53-41(57)30-13-12-22-52-40(30)55-23-25-62-26-24-55)21-20-49(10)31(39(38)51)14-15-36-48(9)18-17-37(46(5,6)35(48)16-19-50(36,49)11)63-43(60)33-27-32(42(58)59)45(33,3)4/h12-13,22,29,31-33,35-37H,14-21,23-28H2,1-11H3,(H,53,57)(H,54,61)(H,58,59)/t31-,32+,33-,35+,36-,37+,48+,49-,50-,51-/m1/s1. The zero-order valence-corrected chi connectivity index (χ0v) is 39.9. The number of carbonyl (C=O) groups excluding carboxylic acids is 4. The molecule has 0 aromatic carbocycles. The van der Waals surface area contributed by atoms with Gasteiger partial charge in [0.05, 0.1) is 36.2 Å². The molecular formula is C51H74N4O8. The number of Topliss-reactive ketones (excluding diaryl/α,β-unsaturated/α-hetero) is 1. The lowest BCUT2D eigenvalue weighted by molar-refractivity contribution is -0.235. The number of pyridine rings is 1. The Kier molecular flexibility index (Phi) is 11.2. The summed E-state index contributed by atoms with van der Waals surface area (Å²) in [6.07, 6.45) is 9.27. The van der Waals surface area contributed by atoms with Crippen molar-refractivity contribution in [1.29, 1.82) is 0 Å². The summed E-state index contributed by atoms with van der Waals surface area (Å²) in [4.78, 5) is 75.1. The van der Waals surface area contributed by atoms with E-state index in [4.69, 9.17) is 9.47 Å². The molecule has 8 rings (SSSR count). The smallest absolute Gasteiger partial charge is 0.309 e. The zero-order valence-electron chi connectivity index (χ0n) is 39.9. The van der Waals surface area contributed by atoms with E-state index in [2.05, 4.69) is 64.1 Å². The number of nitrogens with one attached hydrogen (secondary N) is 2. The van der Waals surface area contributed by atoms with Crippen molar-refractivity contribution in [3.05, 3.63) is 35.0 Å². The van der Waals surface area contributed by atoms with Crippen LogP contribution in [-0.4, -0.2) is 83.1 Å². The minimum Gasteiger partial charge on any atom is -0.481 e. The van der Waals surface area contributed by atoms with Crippen LogP contribution < -0.4 is 15.5 Å². The van der Waals surface area contributed by atoms with E-state index in [9.17, 15) is 29.1 Å². The van der Waals surface area contributed by atoms with Crippen LogP contribution in [0.1, 0.15) is 151 Å². The molecule has 5 saturated carbocycles. The van der Waals surface area contributed by atoms with Gasteiger partial charge in [0.25, 0.3) is 5.91 Å². The number of hydrogen-bond donors (Lipinski definition) is 3. The summed E-state index contributed by atoms with van der Waals surface area (Å²) in [5, 5.41) is 16.2. The van der Waals surface area contributed by atoms with Crippen LogP contribution in [0.2, 0.25) is 0 Å². The first-order valence-corrected chi connectivity index (χ1v) is 24.0. The third-order valence-corrected chi connectivity index (χ3v) is 19.2. The molecule has 2 heterocycles. The zero-order chi connectivity index (χ0) is 45.9. The van der Waals surface area contributed by atoms with Gasteiger partial charge in [-0.15, -0.1) is 0 Å². The number of amides is 2. The molecule has 7 aliphatic rings. The molecule has 63 heavy (non-hydrogen) atoms. The van der Waals surface area contributed by atoms with E-state index in [0.717, 1.165) is 56.1 Å². The fraction of sp³-hybridized carbons (Fsp3) is 0.765. The number of carboxylic acid groups (broad SMARTS) is 1. The van der Waals surface area contributed by atoms with Gasteiger partial charge in [0.2, 0.25) is 5.91 Å². The number of anilines is 1. The van der Waals surface area contributed by atoms with Crippen molar-refractivity contribution in [2.24, 2.45) is 62.6 Å². The maximum atomic E-state index is 14.7. The minimum absolute atomic E-state index is 0.00336. The first-order valence-electron chi connectivity index (χ1n) is 24.0. The third-order valence-electron chi connectivity index (χ3n) is 19.2. The summed E-state index contributed by atoms with van der Waals surface area (Å²) in [6, 6.07) is 3.48. The van der Waals surface area contributed by atoms with Gasteiger partial charge in [-0.25, -0.2) is 4.98 Å².